The molecule has 0 aromatic rings. The maximum atomic E-state index is 13.7. The Morgan fingerprint density at radius 1 is 1.05 bits per heavy atom. The number of unbranched alkanes of at least 4 members (excludes halogenated alkanes) is 1. The van der Waals surface area contributed by atoms with Gasteiger partial charge in [0.25, 0.3) is 0 Å². The van der Waals surface area contributed by atoms with Crippen LogP contribution in [0, 0.1) is 50.2 Å². The Balaban J connectivity index is 2.50. The van der Waals surface area contributed by atoms with Gasteiger partial charge in [-0.1, -0.05) is 93.7 Å². The SMILES string of the molecule is CCCCNC(=O)[C@@](C)(CCC(C)(C)CCC)CCC(C)(C)[C@]1(C)CC[C@H]2[C@H](C)C(=O)C(C#N)=C[C@]2(C)/C1=C/C(C)=O. The second-order valence-corrected chi connectivity index (χ2v) is 15.7. The van der Waals surface area contributed by atoms with Gasteiger partial charge in [0.1, 0.15) is 6.07 Å². The molecule has 0 heterocycles. The van der Waals surface area contributed by atoms with Crippen LogP contribution in [0.15, 0.2) is 23.3 Å². The third-order valence-electron chi connectivity index (χ3n) is 11.5. The smallest absolute Gasteiger partial charge is 0.225 e. The fourth-order valence-electron chi connectivity index (χ4n) is 7.96. The van der Waals surface area contributed by atoms with Gasteiger partial charge in [-0.2, -0.15) is 5.26 Å². The van der Waals surface area contributed by atoms with E-state index >= 15 is 0 Å². The van der Waals surface area contributed by atoms with E-state index in [-0.39, 0.29) is 51.1 Å². The Morgan fingerprint density at radius 3 is 2.21 bits per heavy atom. The molecule has 1 fully saturated rings. The number of nitrogens with one attached hydrogen (secondary N) is 1. The van der Waals surface area contributed by atoms with Crippen LogP contribution in [0.1, 0.15) is 140 Å². The summed E-state index contributed by atoms with van der Waals surface area (Å²) >= 11 is 0. The van der Waals surface area contributed by atoms with Crippen molar-refractivity contribution in [3.63, 3.8) is 0 Å². The van der Waals surface area contributed by atoms with E-state index in [1.165, 1.54) is 0 Å². The van der Waals surface area contributed by atoms with E-state index in [2.05, 4.69) is 73.7 Å². The summed E-state index contributed by atoms with van der Waals surface area (Å²) in [7, 11) is 0. The lowest BCUT2D eigenvalue weighted by molar-refractivity contribution is -0.132. The Labute approximate surface area is 257 Å². The lowest BCUT2D eigenvalue weighted by Crippen LogP contribution is -2.53. The van der Waals surface area contributed by atoms with Gasteiger partial charge < -0.3 is 5.32 Å². The largest absolute Gasteiger partial charge is 0.356 e. The van der Waals surface area contributed by atoms with Crippen LogP contribution in [0.4, 0.5) is 0 Å². The van der Waals surface area contributed by atoms with Crippen LogP contribution in [0.3, 0.4) is 0 Å². The molecular formula is C37H60N2O3. The van der Waals surface area contributed by atoms with Crippen LogP contribution in [0.2, 0.25) is 0 Å². The van der Waals surface area contributed by atoms with Gasteiger partial charge in [0.05, 0.1) is 5.57 Å². The number of carbonyl (C=O) groups excluding carboxylic acids is 3. The van der Waals surface area contributed by atoms with Crippen molar-refractivity contribution in [1.82, 2.24) is 5.32 Å². The van der Waals surface area contributed by atoms with Crippen molar-refractivity contribution in [3.05, 3.63) is 23.3 Å². The van der Waals surface area contributed by atoms with Crippen molar-refractivity contribution >= 4 is 17.5 Å². The van der Waals surface area contributed by atoms with Crippen LogP contribution in [0.25, 0.3) is 0 Å². The molecule has 1 N–H and O–H groups in total. The standard InChI is InChI=1S/C37H60N2O3/c1-12-14-22-39-32(42)35(9,20-18-33(5,6)16-13-2)21-19-34(7,8)37(11)17-15-29-27(4)31(41)28(25-38)24-36(29,10)30(37)23-26(3)40/h23-24,27,29H,12-22H2,1-11H3,(H,39,42)/b30-23-/t27-,29-,35-,36-,37+/m0/s1. The van der Waals surface area contributed by atoms with Gasteiger partial charge in [0.2, 0.25) is 5.91 Å². The molecule has 0 radical (unpaired) electrons. The first-order valence-electron chi connectivity index (χ1n) is 16.5. The van der Waals surface area contributed by atoms with Crippen molar-refractivity contribution in [1.29, 1.82) is 5.26 Å². The highest BCUT2D eigenvalue weighted by molar-refractivity contribution is 6.02. The molecule has 2 aliphatic carbocycles. The van der Waals surface area contributed by atoms with Crippen molar-refractivity contribution in [2.24, 2.45) is 38.9 Å². The molecule has 5 atom stereocenters. The zero-order valence-electron chi connectivity index (χ0n) is 28.8. The van der Waals surface area contributed by atoms with Crippen molar-refractivity contribution in [2.45, 2.75) is 140 Å². The molecule has 2 rings (SSSR count). The average Bonchev–Trinajstić information content (AvgIpc) is 2.90. The zero-order chi connectivity index (χ0) is 32.1. The highest BCUT2D eigenvalue weighted by Gasteiger charge is 2.58. The molecular weight excluding hydrogens is 520 g/mol. The zero-order valence-corrected chi connectivity index (χ0v) is 28.8. The maximum absolute atomic E-state index is 13.7. The van der Waals surface area contributed by atoms with Crippen molar-refractivity contribution < 1.29 is 14.4 Å². The first kappa shape index (κ1) is 36.0. The number of amides is 1. The second kappa shape index (κ2) is 13.6. The molecule has 0 aliphatic heterocycles. The molecule has 1 amide bonds. The molecule has 0 bridgehead atoms. The summed E-state index contributed by atoms with van der Waals surface area (Å²) in [5.74, 6) is -0.156. The van der Waals surface area contributed by atoms with Crippen LogP contribution in [-0.2, 0) is 14.4 Å². The summed E-state index contributed by atoms with van der Waals surface area (Å²) < 4.78 is 0. The number of nitrogens with zero attached hydrogens (tertiary/aromatic N) is 1. The number of hydrogen-bond acceptors (Lipinski definition) is 4. The first-order chi connectivity index (χ1) is 19.3. The van der Waals surface area contributed by atoms with Gasteiger partial charge >= 0.3 is 0 Å². The van der Waals surface area contributed by atoms with E-state index in [1.54, 1.807) is 13.0 Å². The minimum atomic E-state index is -0.556. The maximum Gasteiger partial charge on any atom is 0.225 e. The van der Waals surface area contributed by atoms with Gasteiger partial charge in [-0.3, -0.25) is 14.4 Å². The number of carbonyl (C=O) groups is 3. The molecule has 0 aromatic carbocycles. The third-order valence-corrected chi connectivity index (χ3v) is 11.5. The fraction of sp³-hybridized carbons (Fsp3) is 0.784. The predicted molar refractivity (Wildman–Crippen MR) is 173 cm³/mol. The summed E-state index contributed by atoms with van der Waals surface area (Å²) in [6.45, 7) is 24.3. The van der Waals surface area contributed by atoms with Gasteiger partial charge in [-0.05, 0) is 86.5 Å². The monoisotopic (exact) mass is 580 g/mol. The van der Waals surface area contributed by atoms with E-state index in [4.69, 9.17) is 0 Å². The molecule has 0 spiro atoms. The molecule has 42 heavy (non-hydrogen) atoms. The van der Waals surface area contributed by atoms with E-state index in [9.17, 15) is 19.6 Å². The molecule has 236 valence electrons. The van der Waals surface area contributed by atoms with Crippen LogP contribution in [-0.4, -0.2) is 24.0 Å². The number of hydrogen-bond donors (Lipinski definition) is 1. The lowest BCUT2D eigenvalue weighted by Gasteiger charge is -2.59. The van der Waals surface area contributed by atoms with Gasteiger partial charge in [-0.25, -0.2) is 0 Å². The topological polar surface area (TPSA) is 87.0 Å². The minimum Gasteiger partial charge on any atom is -0.356 e. The third kappa shape index (κ3) is 7.46. The number of nitriles is 1. The Kier molecular flexibility index (Phi) is 11.7. The number of rotatable bonds is 14. The molecule has 5 nitrogen and oxygen atoms in total. The van der Waals surface area contributed by atoms with E-state index in [0.29, 0.717) is 6.54 Å². The highest BCUT2D eigenvalue weighted by Crippen LogP contribution is 2.65. The molecule has 1 saturated carbocycles. The quantitative estimate of drug-likeness (QED) is 0.164. The summed E-state index contributed by atoms with van der Waals surface area (Å²) in [6.07, 6.45) is 13.1. The van der Waals surface area contributed by atoms with Gasteiger partial charge in [0.15, 0.2) is 11.6 Å². The molecule has 0 aromatic heterocycles. The Bertz CT molecular complexity index is 1120. The number of fused-ring (bicyclic) bond motifs is 1. The molecule has 0 unspecified atom stereocenters. The molecule has 2 aliphatic rings. The fourth-order valence-corrected chi connectivity index (χ4v) is 7.96. The summed E-state index contributed by atoms with van der Waals surface area (Å²) in [5, 5.41) is 13.1. The van der Waals surface area contributed by atoms with E-state index in [0.717, 1.165) is 69.8 Å². The van der Waals surface area contributed by atoms with Crippen LogP contribution in [0.5, 0.6) is 0 Å². The second-order valence-electron chi connectivity index (χ2n) is 15.7. The van der Waals surface area contributed by atoms with Crippen molar-refractivity contribution in [3.8, 4) is 6.07 Å². The normalized spacial score (nSPS) is 28.9. The summed E-state index contributed by atoms with van der Waals surface area (Å²) in [5.41, 5.74) is -0.194. The average molecular weight is 581 g/mol. The lowest BCUT2D eigenvalue weighted by atomic mass is 9.44. The first-order valence-corrected chi connectivity index (χ1v) is 16.5. The van der Waals surface area contributed by atoms with Gasteiger partial charge in [0, 0.05) is 23.3 Å². The predicted octanol–water partition coefficient (Wildman–Crippen LogP) is 8.93. The number of ketones is 2. The van der Waals surface area contributed by atoms with Crippen LogP contribution < -0.4 is 5.32 Å². The summed E-state index contributed by atoms with van der Waals surface area (Å²) in [6, 6.07) is 2.15. The Morgan fingerprint density at radius 2 is 1.67 bits per heavy atom. The van der Waals surface area contributed by atoms with Crippen LogP contribution >= 0.6 is 0 Å². The van der Waals surface area contributed by atoms with Gasteiger partial charge in [-0.15, -0.1) is 0 Å². The summed E-state index contributed by atoms with van der Waals surface area (Å²) in [4.78, 5) is 39.4. The van der Waals surface area contributed by atoms with E-state index in [1.807, 2.05) is 13.0 Å². The number of allylic oxidation sites excluding steroid dienone is 4. The highest BCUT2D eigenvalue weighted by atomic mass is 16.2. The van der Waals surface area contributed by atoms with E-state index < -0.39 is 10.8 Å². The minimum absolute atomic E-state index is 0.0105. The Hall–Kier alpha value is -2.22. The van der Waals surface area contributed by atoms with Crippen molar-refractivity contribution in [2.75, 3.05) is 6.54 Å². The molecule has 0 saturated heterocycles. The molecule has 5 heteroatoms. The number of Topliss-reactive ketones (excluding diaryl/α,β-unsaturated/α-hetero) is 1.